The third-order valence-corrected chi connectivity index (χ3v) is 9.00. The first-order valence-electron chi connectivity index (χ1n) is 12.3. The minimum absolute atomic E-state index is 0. The van der Waals surface area contributed by atoms with Crippen LogP contribution in [0.3, 0.4) is 0 Å². The van der Waals surface area contributed by atoms with Gasteiger partial charge in [0.1, 0.15) is 0 Å². The van der Waals surface area contributed by atoms with Crippen molar-refractivity contribution < 1.29 is 0 Å². The van der Waals surface area contributed by atoms with Crippen molar-refractivity contribution >= 4 is 23.3 Å². The number of aryl methyl sites for hydroxylation is 2. The molecule has 0 unspecified atom stereocenters. The second-order valence-electron chi connectivity index (χ2n) is 11.0. The third-order valence-electron chi connectivity index (χ3n) is 9.00. The number of para-hydroxylation sites is 2. The summed E-state index contributed by atoms with van der Waals surface area (Å²) in [6.45, 7) is 5.99. The lowest BCUT2D eigenvalue weighted by atomic mass is 9.59. The van der Waals surface area contributed by atoms with Gasteiger partial charge in [0.2, 0.25) is 0 Å². The van der Waals surface area contributed by atoms with E-state index < -0.39 is 0 Å². The summed E-state index contributed by atoms with van der Waals surface area (Å²) in [6.07, 6.45) is 14.1. The highest BCUT2D eigenvalue weighted by Gasteiger charge is 2.43. The second kappa shape index (κ2) is 7.23. The number of fused-ring (bicyclic) bond motifs is 7. The van der Waals surface area contributed by atoms with Crippen molar-refractivity contribution in [3.63, 3.8) is 0 Å². The molecule has 0 amide bonds. The molecule has 5 aliphatic rings. The molecular formula is C29H33ClN2. The highest BCUT2D eigenvalue weighted by molar-refractivity contribution is 5.91. The summed E-state index contributed by atoms with van der Waals surface area (Å²) in [5.41, 5.74) is 10.0. The van der Waals surface area contributed by atoms with E-state index >= 15 is 0 Å². The molecule has 2 bridgehead atoms. The van der Waals surface area contributed by atoms with Crippen LogP contribution in [0, 0.1) is 10.8 Å². The molecule has 3 heteroatoms. The van der Waals surface area contributed by atoms with Crippen LogP contribution in [0.15, 0.2) is 54.6 Å². The number of rotatable bonds is 2. The maximum atomic E-state index is 2.77. The normalized spacial score (nSPS) is 28.2. The zero-order chi connectivity index (χ0) is 20.6. The summed E-state index contributed by atoms with van der Waals surface area (Å²) in [7, 11) is 0. The van der Waals surface area contributed by atoms with Crippen LogP contribution in [0.4, 0.5) is 0 Å². The Bertz CT molecular complexity index is 1230. The number of nitrogens with zero attached hydrogens (tertiary/aromatic N) is 2. The maximum Gasteiger partial charge on any atom is 0.0567 e. The van der Waals surface area contributed by atoms with Crippen LogP contribution in [0.25, 0.3) is 16.6 Å². The van der Waals surface area contributed by atoms with E-state index in [4.69, 9.17) is 0 Å². The topological polar surface area (TPSA) is 8.17 Å². The van der Waals surface area contributed by atoms with Crippen molar-refractivity contribution in [2.24, 2.45) is 10.8 Å². The Hall–Kier alpha value is -2.03. The van der Waals surface area contributed by atoms with Crippen LogP contribution in [-0.4, -0.2) is 22.6 Å². The lowest BCUT2D eigenvalue weighted by molar-refractivity contribution is 0.0819. The lowest BCUT2D eigenvalue weighted by Crippen LogP contribution is -2.45. The van der Waals surface area contributed by atoms with Gasteiger partial charge in [-0.3, -0.25) is 4.90 Å². The minimum Gasteiger partial charge on any atom is -0.313 e. The molecule has 2 aliphatic heterocycles. The van der Waals surface area contributed by atoms with Gasteiger partial charge in [0.15, 0.2) is 0 Å². The molecule has 8 rings (SSSR count). The van der Waals surface area contributed by atoms with Gasteiger partial charge < -0.3 is 4.57 Å². The van der Waals surface area contributed by atoms with E-state index in [-0.39, 0.29) is 12.4 Å². The quantitative estimate of drug-likeness (QED) is 0.402. The predicted octanol–water partition coefficient (Wildman–Crippen LogP) is 6.65. The molecule has 0 atom stereocenters. The SMILES string of the molecule is CC12C=CC(CN3CCc4c(c5cccc6c5n4-c4ccccc4CC6)C3)(CC1)CC2.Cl. The van der Waals surface area contributed by atoms with Gasteiger partial charge in [0, 0.05) is 48.2 Å². The number of allylic oxidation sites excluding steroid dienone is 1. The Kier molecular flexibility index (Phi) is 4.65. The largest absolute Gasteiger partial charge is 0.313 e. The molecule has 166 valence electrons. The first kappa shape index (κ1) is 20.6. The Morgan fingerprint density at radius 2 is 1.62 bits per heavy atom. The molecule has 0 radical (unpaired) electrons. The third kappa shape index (κ3) is 2.96. The van der Waals surface area contributed by atoms with E-state index in [1.807, 2.05) is 0 Å². The molecule has 3 heterocycles. The Morgan fingerprint density at radius 1 is 0.844 bits per heavy atom. The Balaban J connectivity index is 0.00000196. The van der Waals surface area contributed by atoms with E-state index in [0.29, 0.717) is 10.8 Å². The average Bonchev–Trinajstić information content (AvgIpc) is 3.02. The molecule has 2 aromatic carbocycles. The molecule has 1 fully saturated rings. The first-order chi connectivity index (χ1) is 15.1. The van der Waals surface area contributed by atoms with Crippen LogP contribution >= 0.6 is 12.4 Å². The van der Waals surface area contributed by atoms with E-state index in [1.165, 1.54) is 66.5 Å². The molecule has 0 spiro atoms. The summed E-state index contributed by atoms with van der Waals surface area (Å²) in [5, 5.41) is 1.50. The Morgan fingerprint density at radius 3 is 2.44 bits per heavy atom. The predicted molar refractivity (Wildman–Crippen MR) is 135 cm³/mol. The van der Waals surface area contributed by atoms with Crippen LogP contribution in [0.1, 0.15) is 55.0 Å². The number of hydrogen-bond donors (Lipinski definition) is 0. The highest BCUT2D eigenvalue weighted by atomic mass is 35.5. The fourth-order valence-electron chi connectivity index (χ4n) is 7.03. The van der Waals surface area contributed by atoms with Crippen molar-refractivity contribution in [3.8, 4) is 5.69 Å². The minimum atomic E-state index is 0. The van der Waals surface area contributed by atoms with Gasteiger partial charge in [-0.2, -0.15) is 0 Å². The molecule has 0 N–H and O–H groups in total. The van der Waals surface area contributed by atoms with Gasteiger partial charge in [0.05, 0.1) is 5.52 Å². The smallest absolute Gasteiger partial charge is 0.0567 e. The van der Waals surface area contributed by atoms with Crippen LogP contribution < -0.4 is 0 Å². The van der Waals surface area contributed by atoms with Crippen molar-refractivity contribution in [1.82, 2.24) is 9.47 Å². The van der Waals surface area contributed by atoms with Crippen LogP contribution in [0.5, 0.6) is 0 Å². The van der Waals surface area contributed by atoms with Crippen LogP contribution in [-0.2, 0) is 25.8 Å². The molecule has 1 aromatic heterocycles. The van der Waals surface area contributed by atoms with Crippen molar-refractivity contribution in [2.45, 2.75) is 58.4 Å². The fourth-order valence-corrected chi connectivity index (χ4v) is 7.03. The van der Waals surface area contributed by atoms with E-state index in [1.54, 1.807) is 11.3 Å². The molecule has 32 heavy (non-hydrogen) atoms. The summed E-state index contributed by atoms with van der Waals surface area (Å²) in [6, 6.07) is 16.1. The molecule has 3 aromatic rings. The van der Waals surface area contributed by atoms with E-state index in [2.05, 4.69) is 71.0 Å². The van der Waals surface area contributed by atoms with Crippen molar-refractivity contribution in [1.29, 1.82) is 0 Å². The molecule has 0 saturated heterocycles. The fraction of sp³-hybridized carbons (Fsp3) is 0.448. The first-order valence-corrected chi connectivity index (χ1v) is 12.3. The summed E-state index contributed by atoms with van der Waals surface area (Å²) >= 11 is 0. The maximum absolute atomic E-state index is 2.77. The van der Waals surface area contributed by atoms with Gasteiger partial charge in [0.25, 0.3) is 0 Å². The number of halogens is 1. The monoisotopic (exact) mass is 444 g/mol. The summed E-state index contributed by atoms with van der Waals surface area (Å²) in [4.78, 5) is 2.77. The number of hydrogen-bond acceptors (Lipinski definition) is 1. The van der Waals surface area contributed by atoms with Gasteiger partial charge in [-0.1, -0.05) is 55.5 Å². The van der Waals surface area contributed by atoms with Gasteiger partial charge >= 0.3 is 0 Å². The van der Waals surface area contributed by atoms with Crippen molar-refractivity contribution in [3.05, 3.63) is 77.0 Å². The molecule has 3 aliphatic carbocycles. The zero-order valence-corrected chi connectivity index (χ0v) is 19.9. The highest BCUT2D eigenvalue weighted by Crippen LogP contribution is 2.52. The number of aromatic nitrogens is 1. The molecular weight excluding hydrogens is 412 g/mol. The standard InChI is InChI=1S/C29H32N2.ClH/c1-28-12-15-29(16-13-28,17-14-28)20-30-18-11-26-24(19-30)23-7-4-6-22-10-9-21-5-2-3-8-25(21)31(26)27(22)23;/h2-8,12,15H,9-11,13-14,16-20H2,1H3;1H. The summed E-state index contributed by atoms with van der Waals surface area (Å²) < 4.78 is 2.64. The van der Waals surface area contributed by atoms with Gasteiger partial charge in [-0.25, -0.2) is 0 Å². The van der Waals surface area contributed by atoms with Gasteiger partial charge in [-0.05, 0) is 66.7 Å². The van der Waals surface area contributed by atoms with E-state index in [9.17, 15) is 0 Å². The van der Waals surface area contributed by atoms with Gasteiger partial charge in [-0.15, -0.1) is 12.4 Å². The number of benzene rings is 2. The molecule has 1 saturated carbocycles. The molecule has 2 nitrogen and oxygen atoms in total. The average molecular weight is 445 g/mol. The Labute approximate surface area is 197 Å². The lowest BCUT2D eigenvalue weighted by Gasteiger charge is -2.49. The summed E-state index contributed by atoms with van der Waals surface area (Å²) in [5.74, 6) is 0. The van der Waals surface area contributed by atoms with E-state index in [0.717, 1.165) is 25.8 Å². The van der Waals surface area contributed by atoms with Crippen LogP contribution in [0.2, 0.25) is 0 Å². The zero-order valence-electron chi connectivity index (χ0n) is 19.1. The van der Waals surface area contributed by atoms with Crippen molar-refractivity contribution in [2.75, 3.05) is 13.1 Å². The second-order valence-corrected chi connectivity index (χ2v) is 11.0.